The number of ether oxygens (including phenoxy) is 6. The Balaban J connectivity index is 1.32. The van der Waals surface area contributed by atoms with Crippen molar-refractivity contribution in [2.45, 2.75) is 92.1 Å². The molecule has 0 bridgehead atoms. The summed E-state index contributed by atoms with van der Waals surface area (Å²) >= 11 is 0. The molecule has 3 saturated heterocycles. The number of aliphatic hydroxyl groups is 7. The highest BCUT2D eigenvalue weighted by molar-refractivity contribution is 5.86. The molecule has 15 atom stereocenters. The third kappa shape index (κ3) is 7.70. The van der Waals surface area contributed by atoms with E-state index in [0.29, 0.717) is 5.56 Å². The summed E-state index contributed by atoms with van der Waals surface area (Å²) < 4.78 is 38.0. The largest absolute Gasteiger partial charge is 0.508 e. The predicted octanol–water partition coefficient (Wildman–Crippen LogP) is -4.02. The van der Waals surface area contributed by atoms with Crippen molar-refractivity contribution in [1.82, 2.24) is 0 Å². The first-order valence-electron chi connectivity index (χ1n) is 16.4. The average Bonchev–Trinajstić information content (AvgIpc) is 3.13. The molecule has 2 aromatic carbocycles. The van der Waals surface area contributed by atoms with Crippen molar-refractivity contribution < 1.29 is 109 Å². The van der Waals surface area contributed by atoms with E-state index < -0.39 is 127 Å². The van der Waals surface area contributed by atoms with Crippen LogP contribution in [-0.2, 0) is 38.1 Å². The summed E-state index contributed by atoms with van der Waals surface area (Å²) in [7, 11) is 0. The summed E-state index contributed by atoms with van der Waals surface area (Å²) in [5, 5.41) is 123. The Kier molecular flexibility index (Phi) is 11.5. The van der Waals surface area contributed by atoms with Crippen LogP contribution in [-0.4, -0.2) is 171 Å². The van der Waals surface area contributed by atoms with Crippen LogP contribution in [0.3, 0.4) is 0 Å². The summed E-state index contributed by atoms with van der Waals surface area (Å²) in [6.07, 6.45) is -33.9. The molecule has 56 heavy (non-hydrogen) atoms. The van der Waals surface area contributed by atoms with Crippen molar-refractivity contribution in [2.75, 3.05) is 0 Å². The van der Waals surface area contributed by atoms with Gasteiger partial charge in [-0.1, -0.05) is 0 Å². The first-order valence-corrected chi connectivity index (χ1v) is 16.4. The van der Waals surface area contributed by atoms with Gasteiger partial charge in [0.25, 0.3) is 0 Å². The zero-order chi connectivity index (χ0) is 40.9. The van der Waals surface area contributed by atoms with Crippen molar-refractivity contribution in [1.29, 1.82) is 0 Å². The standard InChI is InChI=1S/C33H34O23/c34-9-3-1-8(2-4-9)13-7-12(36)15-11(35)5-10(6-14(15)51-13)50-33-27(19(40)18(39)25(55-33)29(46)47)56-32-22(43)23(21(42)26(54-32)30(48)49)52-31-20(41)16(37)17(38)24(53-31)28(44)45/h1-7,16-27,31-35,37-43H,(H,44,45)(H,46,47)(H,48,49). The smallest absolute Gasteiger partial charge is 0.335 e. The highest BCUT2D eigenvalue weighted by Crippen LogP contribution is 2.36. The van der Waals surface area contributed by atoms with Gasteiger partial charge in [-0.15, -0.1) is 0 Å². The third-order valence-corrected chi connectivity index (χ3v) is 9.16. The third-order valence-electron chi connectivity index (χ3n) is 9.16. The Bertz CT molecular complexity index is 2000. The quantitative estimate of drug-likeness (QED) is 0.0929. The number of rotatable bonds is 10. The van der Waals surface area contributed by atoms with Gasteiger partial charge < -0.3 is 94.1 Å². The van der Waals surface area contributed by atoms with Crippen LogP contribution in [0.4, 0.5) is 0 Å². The second-order valence-corrected chi connectivity index (χ2v) is 12.9. The maximum absolute atomic E-state index is 12.9. The van der Waals surface area contributed by atoms with E-state index in [1.54, 1.807) is 0 Å². The van der Waals surface area contributed by atoms with Crippen molar-refractivity contribution >= 4 is 28.9 Å². The highest BCUT2D eigenvalue weighted by atomic mass is 16.8. The summed E-state index contributed by atoms with van der Waals surface area (Å²) in [5.41, 5.74) is -0.682. The van der Waals surface area contributed by atoms with Gasteiger partial charge in [0, 0.05) is 23.8 Å². The molecule has 304 valence electrons. The molecule has 15 unspecified atom stereocenters. The molecule has 6 rings (SSSR count). The molecule has 0 aliphatic carbocycles. The number of hydrogen-bond donors (Lipinski definition) is 12. The lowest BCUT2D eigenvalue weighted by atomic mass is 9.96. The molecule has 0 radical (unpaired) electrons. The molecule has 3 aliphatic rings. The van der Waals surface area contributed by atoms with Crippen molar-refractivity contribution in [3.05, 3.63) is 52.7 Å². The van der Waals surface area contributed by atoms with Crippen LogP contribution in [0.5, 0.6) is 17.2 Å². The zero-order valence-corrected chi connectivity index (χ0v) is 28.1. The number of hydrogen-bond acceptors (Lipinski definition) is 20. The average molecular weight is 799 g/mol. The van der Waals surface area contributed by atoms with Crippen LogP contribution in [0, 0.1) is 0 Å². The number of carboxylic acid groups (broad SMARTS) is 3. The minimum atomic E-state index is -2.37. The van der Waals surface area contributed by atoms with Gasteiger partial charge in [-0.2, -0.15) is 0 Å². The molecule has 23 heteroatoms. The van der Waals surface area contributed by atoms with Crippen LogP contribution in [0.2, 0.25) is 0 Å². The fourth-order valence-electron chi connectivity index (χ4n) is 6.28. The molecule has 4 heterocycles. The van der Waals surface area contributed by atoms with Gasteiger partial charge in [-0.3, -0.25) is 4.79 Å². The molecular weight excluding hydrogens is 764 g/mol. The Morgan fingerprint density at radius 3 is 1.68 bits per heavy atom. The van der Waals surface area contributed by atoms with E-state index in [1.165, 1.54) is 24.3 Å². The van der Waals surface area contributed by atoms with Crippen LogP contribution >= 0.6 is 0 Å². The van der Waals surface area contributed by atoms with E-state index in [4.69, 9.17) is 32.8 Å². The highest BCUT2D eigenvalue weighted by Gasteiger charge is 2.56. The number of carbonyl (C=O) groups is 3. The second-order valence-electron chi connectivity index (χ2n) is 12.9. The van der Waals surface area contributed by atoms with Gasteiger partial charge in [-0.25, -0.2) is 14.4 Å². The normalized spacial score (nSPS) is 36.2. The molecule has 3 aliphatic heterocycles. The lowest BCUT2D eigenvalue weighted by Crippen LogP contribution is -2.67. The Labute approximate surface area is 310 Å². The molecule has 0 amide bonds. The minimum Gasteiger partial charge on any atom is -0.508 e. The summed E-state index contributed by atoms with van der Waals surface area (Å²) in [6, 6.07) is 8.44. The Hall–Kier alpha value is -5.02. The number of fused-ring (bicyclic) bond motifs is 1. The van der Waals surface area contributed by atoms with Crippen molar-refractivity contribution in [3.8, 4) is 28.6 Å². The lowest BCUT2D eigenvalue weighted by Gasteiger charge is -2.47. The molecule has 1 aromatic heterocycles. The zero-order valence-electron chi connectivity index (χ0n) is 28.1. The predicted molar refractivity (Wildman–Crippen MR) is 173 cm³/mol. The lowest BCUT2D eigenvalue weighted by molar-refractivity contribution is -0.373. The number of aliphatic hydroxyl groups excluding tert-OH is 7. The number of benzene rings is 2. The molecule has 3 aromatic rings. The number of aromatic hydroxyl groups is 2. The van der Waals surface area contributed by atoms with Crippen LogP contribution in [0.1, 0.15) is 0 Å². The molecular formula is C33H34O23. The fourth-order valence-corrected chi connectivity index (χ4v) is 6.28. The van der Waals surface area contributed by atoms with Gasteiger partial charge in [0.1, 0.15) is 82.8 Å². The molecule has 12 N–H and O–H groups in total. The van der Waals surface area contributed by atoms with Gasteiger partial charge in [0.15, 0.2) is 42.4 Å². The molecule has 23 nitrogen and oxygen atoms in total. The van der Waals surface area contributed by atoms with Gasteiger partial charge in [0.05, 0.1) is 0 Å². The number of carboxylic acids is 3. The first kappa shape index (κ1) is 40.6. The van der Waals surface area contributed by atoms with E-state index in [0.717, 1.165) is 18.2 Å². The van der Waals surface area contributed by atoms with E-state index in [-0.39, 0.29) is 22.5 Å². The summed E-state index contributed by atoms with van der Waals surface area (Å²) in [6.45, 7) is 0. The van der Waals surface area contributed by atoms with Gasteiger partial charge in [-0.05, 0) is 24.3 Å². The molecule has 3 fully saturated rings. The second kappa shape index (κ2) is 15.8. The van der Waals surface area contributed by atoms with E-state index in [2.05, 4.69) is 0 Å². The molecule has 0 saturated carbocycles. The Morgan fingerprint density at radius 1 is 0.571 bits per heavy atom. The topological polar surface area (TPSA) is 380 Å². The number of aliphatic carboxylic acids is 3. The number of phenolic OH excluding ortho intramolecular Hbond substituents is 2. The van der Waals surface area contributed by atoms with E-state index in [9.17, 15) is 80.5 Å². The van der Waals surface area contributed by atoms with Crippen LogP contribution in [0.25, 0.3) is 22.3 Å². The Morgan fingerprint density at radius 2 is 1.09 bits per heavy atom. The monoisotopic (exact) mass is 798 g/mol. The van der Waals surface area contributed by atoms with Crippen molar-refractivity contribution in [3.63, 3.8) is 0 Å². The first-order chi connectivity index (χ1) is 26.4. The number of phenols is 2. The van der Waals surface area contributed by atoms with E-state index in [1.807, 2.05) is 0 Å². The minimum absolute atomic E-state index is 0.0237. The fraction of sp³-hybridized carbons (Fsp3) is 0.455. The van der Waals surface area contributed by atoms with Crippen LogP contribution in [0.15, 0.2) is 51.7 Å². The van der Waals surface area contributed by atoms with Gasteiger partial charge in [0.2, 0.25) is 6.29 Å². The molecule has 0 spiro atoms. The maximum Gasteiger partial charge on any atom is 0.335 e. The van der Waals surface area contributed by atoms with Crippen LogP contribution < -0.4 is 10.2 Å². The maximum atomic E-state index is 12.9. The van der Waals surface area contributed by atoms with Crippen molar-refractivity contribution in [2.24, 2.45) is 0 Å². The SMILES string of the molecule is O=C(O)C1OC(OC2C(O)C(OC3C(Oc4cc(O)c5c(=O)cc(-c6ccc(O)cc6)oc5c4)OC(C(=O)O)C(O)C3O)OC(C(=O)O)C2O)C(O)C(O)C1O. The summed E-state index contributed by atoms with van der Waals surface area (Å²) in [5.74, 6) is -6.81. The van der Waals surface area contributed by atoms with Gasteiger partial charge >= 0.3 is 17.9 Å². The summed E-state index contributed by atoms with van der Waals surface area (Å²) in [4.78, 5) is 48.6. The van der Waals surface area contributed by atoms with E-state index >= 15 is 0 Å².